The van der Waals surface area contributed by atoms with Gasteiger partial charge in [-0.05, 0) is 28.1 Å². The molecule has 6 heteroatoms. The molecule has 1 heterocycles. The quantitative estimate of drug-likeness (QED) is 0.866. The zero-order valence-corrected chi connectivity index (χ0v) is 10.4. The largest absolute Gasteiger partial charge is 0.382 e. The van der Waals surface area contributed by atoms with Gasteiger partial charge in [-0.1, -0.05) is 6.07 Å². The Balaban J connectivity index is 2.48. The van der Waals surface area contributed by atoms with Crippen LogP contribution in [0.4, 0.5) is 8.78 Å². The second kappa shape index (κ2) is 4.54. The average molecular weight is 303 g/mol. The van der Waals surface area contributed by atoms with Crippen LogP contribution in [0, 0.1) is 11.6 Å². The molecule has 0 saturated heterocycles. The molecule has 90 valence electrons. The zero-order valence-electron chi connectivity index (χ0n) is 8.86. The molecule has 2 rings (SSSR count). The normalized spacial score (nSPS) is 12.8. The molecule has 0 aliphatic carbocycles. The maximum Gasteiger partial charge on any atom is 0.173 e. The smallest absolute Gasteiger partial charge is 0.173 e. The molecular formula is C11H9BrF2N2O. The topological polar surface area (TPSA) is 38.0 Å². The number of aryl methyl sites for hydroxylation is 1. The minimum Gasteiger partial charge on any atom is -0.382 e. The van der Waals surface area contributed by atoms with Crippen molar-refractivity contribution in [2.24, 2.45) is 7.05 Å². The number of hydrogen-bond donors (Lipinski definition) is 1. The third-order valence-corrected chi connectivity index (χ3v) is 3.30. The van der Waals surface area contributed by atoms with Gasteiger partial charge < -0.3 is 5.11 Å². The lowest BCUT2D eigenvalue weighted by Gasteiger charge is -2.13. The molecule has 1 N–H and O–H groups in total. The predicted molar refractivity (Wildman–Crippen MR) is 61.3 cm³/mol. The summed E-state index contributed by atoms with van der Waals surface area (Å²) in [6.45, 7) is 0. The summed E-state index contributed by atoms with van der Waals surface area (Å²) in [6.07, 6.45) is 0.457. The molecule has 17 heavy (non-hydrogen) atoms. The SMILES string of the molecule is Cn1nccc1C(O)c1ccc(F)c(F)c1Br. The van der Waals surface area contributed by atoms with Crippen LogP contribution < -0.4 is 0 Å². The van der Waals surface area contributed by atoms with Gasteiger partial charge in [-0.2, -0.15) is 5.10 Å². The molecule has 0 saturated carbocycles. The van der Waals surface area contributed by atoms with E-state index in [2.05, 4.69) is 21.0 Å². The number of rotatable bonds is 2. The predicted octanol–water partition coefficient (Wildman–Crippen LogP) is 2.54. The van der Waals surface area contributed by atoms with Crippen LogP contribution in [-0.2, 0) is 7.05 Å². The third-order valence-electron chi connectivity index (χ3n) is 2.50. The number of benzene rings is 1. The fraction of sp³-hybridized carbons (Fsp3) is 0.182. The molecule has 1 aromatic heterocycles. The van der Waals surface area contributed by atoms with Crippen LogP contribution in [0.3, 0.4) is 0 Å². The van der Waals surface area contributed by atoms with Gasteiger partial charge in [0.2, 0.25) is 0 Å². The van der Waals surface area contributed by atoms with Crippen LogP contribution in [0.1, 0.15) is 17.4 Å². The van der Waals surface area contributed by atoms with Gasteiger partial charge in [-0.3, -0.25) is 4.68 Å². The minimum absolute atomic E-state index is 0.0776. The highest BCUT2D eigenvalue weighted by Crippen LogP contribution is 2.31. The van der Waals surface area contributed by atoms with Crippen LogP contribution in [-0.4, -0.2) is 14.9 Å². The van der Waals surface area contributed by atoms with Crippen molar-refractivity contribution in [3.8, 4) is 0 Å². The van der Waals surface area contributed by atoms with Crippen LogP contribution >= 0.6 is 15.9 Å². The van der Waals surface area contributed by atoms with Crippen LogP contribution in [0.25, 0.3) is 0 Å². The van der Waals surface area contributed by atoms with E-state index in [1.54, 1.807) is 13.1 Å². The maximum atomic E-state index is 13.3. The molecule has 0 spiro atoms. The number of nitrogens with zero attached hydrogens (tertiary/aromatic N) is 2. The van der Waals surface area contributed by atoms with Gasteiger partial charge in [0, 0.05) is 18.8 Å². The number of aromatic nitrogens is 2. The van der Waals surface area contributed by atoms with Crippen LogP contribution in [0.15, 0.2) is 28.9 Å². The molecule has 0 aliphatic heterocycles. The van der Waals surface area contributed by atoms with Gasteiger partial charge >= 0.3 is 0 Å². The van der Waals surface area contributed by atoms with Crippen LogP contribution in [0.5, 0.6) is 0 Å². The Morgan fingerprint density at radius 2 is 2.06 bits per heavy atom. The van der Waals surface area contributed by atoms with Crippen molar-refractivity contribution in [1.29, 1.82) is 0 Å². The van der Waals surface area contributed by atoms with Crippen molar-refractivity contribution in [1.82, 2.24) is 9.78 Å². The van der Waals surface area contributed by atoms with E-state index >= 15 is 0 Å². The van der Waals surface area contributed by atoms with Gasteiger partial charge in [0.05, 0.1) is 10.2 Å². The van der Waals surface area contributed by atoms with E-state index in [-0.39, 0.29) is 10.0 Å². The van der Waals surface area contributed by atoms with Crippen molar-refractivity contribution in [3.05, 3.63) is 51.8 Å². The van der Waals surface area contributed by atoms with E-state index in [9.17, 15) is 13.9 Å². The van der Waals surface area contributed by atoms with E-state index < -0.39 is 17.7 Å². The Kier molecular flexibility index (Phi) is 3.26. The number of aliphatic hydroxyl groups is 1. The lowest BCUT2D eigenvalue weighted by molar-refractivity contribution is 0.208. The first kappa shape index (κ1) is 12.2. The third kappa shape index (κ3) is 2.10. The highest BCUT2D eigenvalue weighted by atomic mass is 79.9. The molecule has 2 aromatic rings. The Bertz CT molecular complexity index is 556. The summed E-state index contributed by atoms with van der Waals surface area (Å²) in [5.74, 6) is -1.97. The van der Waals surface area contributed by atoms with Gasteiger partial charge in [-0.25, -0.2) is 8.78 Å². The number of halogens is 3. The van der Waals surface area contributed by atoms with Crippen molar-refractivity contribution in [3.63, 3.8) is 0 Å². The number of aliphatic hydroxyl groups excluding tert-OH is 1. The summed E-state index contributed by atoms with van der Waals surface area (Å²) in [5, 5.41) is 14.0. The standard InChI is InChI=1S/C11H9BrF2N2O/c1-16-8(4-5-15-16)11(17)6-2-3-7(13)10(14)9(6)12/h2-5,11,17H,1H3. The Morgan fingerprint density at radius 1 is 1.35 bits per heavy atom. The summed E-state index contributed by atoms with van der Waals surface area (Å²) in [5.41, 5.74) is 0.754. The molecule has 1 aromatic carbocycles. The van der Waals surface area contributed by atoms with Crippen molar-refractivity contribution in [2.45, 2.75) is 6.10 Å². The van der Waals surface area contributed by atoms with E-state index in [1.807, 2.05) is 0 Å². The Morgan fingerprint density at radius 3 is 2.65 bits per heavy atom. The fourth-order valence-corrected chi connectivity index (χ4v) is 2.10. The molecule has 0 fully saturated rings. The second-order valence-electron chi connectivity index (χ2n) is 3.55. The molecule has 0 radical (unpaired) electrons. The lowest BCUT2D eigenvalue weighted by atomic mass is 10.1. The molecule has 0 amide bonds. The monoisotopic (exact) mass is 302 g/mol. The molecule has 1 atom stereocenters. The highest BCUT2D eigenvalue weighted by Gasteiger charge is 2.20. The molecule has 0 bridgehead atoms. The molecule has 0 aliphatic rings. The van der Waals surface area contributed by atoms with Crippen LogP contribution in [0.2, 0.25) is 0 Å². The summed E-state index contributed by atoms with van der Waals surface area (Å²) in [6, 6.07) is 3.92. The molecule has 3 nitrogen and oxygen atoms in total. The van der Waals surface area contributed by atoms with Crippen molar-refractivity contribution >= 4 is 15.9 Å². The summed E-state index contributed by atoms with van der Waals surface area (Å²) < 4.78 is 27.7. The Hall–Kier alpha value is -1.27. The fourth-order valence-electron chi connectivity index (χ4n) is 1.56. The van der Waals surface area contributed by atoms with Gasteiger partial charge in [0.15, 0.2) is 11.6 Å². The first-order valence-corrected chi connectivity index (χ1v) is 5.61. The zero-order chi connectivity index (χ0) is 12.6. The van der Waals surface area contributed by atoms with Gasteiger partial charge in [0.1, 0.15) is 6.10 Å². The van der Waals surface area contributed by atoms with Crippen molar-refractivity contribution in [2.75, 3.05) is 0 Å². The second-order valence-corrected chi connectivity index (χ2v) is 4.34. The Labute approximate surface area is 105 Å². The van der Waals surface area contributed by atoms with Gasteiger partial charge in [-0.15, -0.1) is 0 Å². The van der Waals surface area contributed by atoms with E-state index in [0.29, 0.717) is 5.69 Å². The summed E-state index contributed by atoms with van der Waals surface area (Å²) >= 11 is 2.94. The molecular weight excluding hydrogens is 294 g/mol. The first-order valence-electron chi connectivity index (χ1n) is 4.81. The number of hydrogen-bond acceptors (Lipinski definition) is 2. The summed E-state index contributed by atoms with van der Waals surface area (Å²) in [7, 11) is 1.66. The minimum atomic E-state index is -1.06. The van der Waals surface area contributed by atoms with Crippen molar-refractivity contribution < 1.29 is 13.9 Å². The van der Waals surface area contributed by atoms with E-state index in [4.69, 9.17) is 0 Å². The molecule has 1 unspecified atom stereocenters. The van der Waals surface area contributed by atoms with E-state index in [0.717, 1.165) is 6.07 Å². The summed E-state index contributed by atoms with van der Waals surface area (Å²) in [4.78, 5) is 0. The average Bonchev–Trinajstić information content (AvgIpc) is 2.72. The highest BCUT2D eigenvalue weighted by molar-refractivity contribution is 9.10. The first-order chi connectivity index (χ1) is 8.02. The lowest BCUT2D eigenvalue weighted by Crippen LogP contribution is -2.08. The maximum absolute atomic E-state index is 13.3. The van der Waals surface area contributed by atoms with Gasteiger partial charge in [0.25, 0.3) is 0 Å². The van der Waals surface area contributed by atoms with E-state index in [1.165, 1.54) is 16.9 Å².